The molecule has 0 aromatic carbocycles. The van der Waals surface area contributed by atoms with Gasteiger partial charge >= 0.3 is 6.09 Å². The van der Waals surface area contributed by atoms with Gasteiger partial charge in [-0.15, -0.1) is 5.10 Å². The Hall–Kier alpha value is -3.50. The Bertz CT molecular complexity index is 1160. The summed E-state index contributed by atoms with van der Waals surface area (Å²) in [5, 5.41) is 7.37. The number of pyridine rings is 1. The Morgan fingerprint density at radius 2 is 2.06 bits per heavy atom. The van der Waals surface area contributed by atoms with Crippen molar-refractivity contribution >= 4 is 28.8 Å². The lowest BCUT2D eigenvalue weighted by molar-refractivity contribution is -0.140. The Balaban J connectivity index is 1.55. The van der Waals surface area contributed by atoms with Gasteiger partial charge in [0.1, 0.15) is 18.4 Å². The van der Waals surface area contributed by atoms with Crippen molar-refractivity contribution in [1.82, 2.24) is 25.0 Å². The molecule has 2 aromatic rings. The van der Waals surface area contributed by atoms with Gasteiger partial charge < -0.3 is 20.7 Å². The molecule has 0 bridgehead atoms. The number of halogens is 1. The molecule has 33 heavy (non-hydrogen) atoms. The van der Waals surface area contributed by atoms with Crippen LogP contribution in [0.4, 0.5) is 9.18 Å². The number of allylic oxidation sites excluding steroid dienone is 1. The lowest BCUT2D eigenvalue weighted by atomic mass is 10.1. The number of aromatic nitrogens is 3. The third-order valence-electron chi connectivity index (χ3n) is 6.16. The van der Waals surface area contributed by atoms with Gasteiger partial charge in [-0.3, -0.25) is 19.3 Å². The number of nitrogens with zero attached hydrogens (tertiary/aromatic N) is 4. The predicted molar refractivity (Wildman–Crippen MR) is 117 cm³/mol. The highest BCUT2D eigenvalue weighted by molar-refractivity contribution is 5.91. The van der Waals surface area contributed by atoms with E-state index in [0.29, 0.717) is 29.3 Å². The minimum Gasteiger partial charge on any atom is -0.389 e. The number of amides is 3. The topological polar surface area (TPSA) is 132 Å². The van der Waals surface area contributed by atoms with Gasteiger partial charge in [-0.05, 0) is 50.7 Å². The third kappa shape index (κ3) is 4.53. The first kappa shape index (κ1) is 22.7. The van der Waals surface area contributed by atoms with E-state index in [2.05, 4.69) is 15.4 Å². The SMILES string of the molecule is CCc1cc2c(OC(N)=O)nn(CC(=O)N3[C@@H]4C[C@@H]4C[C@H]3C(=O)NCC(F)=C(C)C)c2cn1. The first-order chi connectivity index (χ1) is 15.7. The monoisotopic (exact) mass is 458 g/mol. The van der Waals surface area contributed by atoms with Gasteiger partial charge in [0.15, 0.2) is 0 Å². The van der Waals surface area contributed by atoms with Crippen LogP contribution in [0.5, 0.6) is 5.88 Å². The normalized spacial score (nSPS) is 21.0. The number of carbonyl (C=O) groups excluding carboxylic acids is 3. The number of primary amides is 1. The lowest BCUT2D eigenvalue weighted by Crippen LogP contribution is -2.49. The van der Waals surface area contributed by atoms with Crippen molar-refractivity contribution in [3.05, 3.63) is 29.4 Å². The van der Waals surface area contributed by atoms with Crippen molar-refractivity contribution < 1.29 is 23.5 Å². The molecular formula is C22H27FN6O4. The maximum Gasteiger partial charge on any atom is 0.411 e. The molecule has 176 valence electrons. The highest BCUT2D eigenvalue weighted by Crippen LogP contribution is 2.48. The molecule has 2 aromatic heterocycles. The molecule has 1 saturated heterocycles. The summed E-state index contributed by atoms with van der Waals surface area (Å²) in [5.41, 5.74) is 6.94. The molecule has 3 amide bonds. The van der Waals surface area contributed by atoms with Gasteiger partial charge in [0, 0.05) is 11.7 Å². The number of likely N-dealkylation sites (tertiary alicyclic amines) is 1. The lowest BCUT2D eigenvalue weighted by Gasteiger charge is -2.27. The summed E-state index contributed by atoms with van der Waals surface area (Å²) >= 11 is 0. The third-order valence-corrected chi connectivity index (χ3v) is 6.16. The highest BCUT2D eigenvalue weighted by atomic mass is 19.1. The fourth-order valence-corrected chi connectivity index (χ4v) is 4.29. The molecule has 1 saturated carbocycles. The van der Waals surface area contributed by atoms with E-state index in [1.807, 2.05) is 6.92 Å². The molecule has 10 nitrogen and oxygen atoms in total. The standard InChI is InChI=1S/C22H27FN6O4/c1-4-13-7-14-18(9-25-13)28(27-21(14)33-22(24)32)10-19(30)29-16-5-12(16)6-17(29)20(31)26-8-15(23)11(2)3/h7,9,12,16-17H,4-6,8,10H2,1-3H3,(H2,24,32)(H,26,31)/t12-,16-,17+/m1/s1. The molecule has 0 unspecified atom stereocenters. The van der Waals surface area contributed by atoms with Crippen molar-refractivity contribution in [2.45, 2.75) is 58.7 Å². The molecule has 3 atom stereocenters. The number of hydrogen-bond acceptors (Lipinski definition) is 6. The Labute approximate surface area is 189 Å². The van der Waals surface area contributed by atoms with Crippen LogP contribution in [-0.2, 0) is 22.6 Å². The van der Waals surface area contributed by atoms with Gasteiger partial charge in [-0.1, -0.05) is 6.92 Å². The Morgan fingerprint density at radius 1 is 1.30 bits per heavy atom. The first-order valence-corrected chi connectivity index (χ1v) is 10.9. The second-order valence-electron chi connectivity index (χ2n) is 8.67. The van der Waals surface area contributed by atoms with Gasteiger partial charge in [0.2, 0.25) is 11.8 Å². The molecule has 0 spiro atoms. The molecule has 1 aliphatic carbocycles. The van der Waals surface area contributed by atoms with Crippen molar-refractivity contribution in [3.8, 4) is 5.88 Å². The number of carbonyl (C=O) groups is 3. The predicted octanol–water partition coefficient (Wildman–Crippen LogP) is 1.82. The summed E-state index contributed by atoms with van der Waals surface area (Å²) < 4.78 is 20.2. The number of piperidine rings is 1. The van der Waals surface area contributed by atoms with Gasteiger partial charge in [0.25, 0.3) is 5.88 Å². The Kier molecular flexibility index (Phi) is 6.05. The van der Waals surface area contributed by atoms with Crippen LogP contribution < -0.4 is 15.8 Å². The molecule has 11 heteroatoms. The smallest absolute Gasteiger partial charge is 0.389 e. The fraction of sp³-hybridized carbons (Fsp3) is 0.500. The zero-order chi connectivity index (χ0) is 23.9. The minimum absolute atomic E-state index is 0.000360. The van der Waals surface area contributed by atoms with Gasteiger partial charge in [-0.2, -0.15) is 0 Å². The maximum atomic E-state index is 13.8. The number of hydrogen-bond donors (Lipinski definition) is 2. The first-order valence-electron chi connectivity index (χ1n) is 10.9. The summed E-state index contributed by atoms with van der Waals surface area (Å²) in [6.07, 6.45) is 2.62. The van der Waals surface area contributed by atoms with Crippen molar-refractivity contribution in [1.29, 1.82) is 0 Å². The van der Waals surface area contributed by atoms with Crippen LogP contribution in [0.15, 0.2) is 23.7 Å². The molecular weight excluding hydrogens is 431 g/mol. The quantitative estimate of drug-likeness (QED) is 0.650. The summed E-state index contributed by atoms with van der Waals surface area (Å²) in [6.45, 7) is 4.83. The van der Waals surface area contributed by atoms with Crippen LogP contribution in [0.3, 0.4) is 0 Å². The van der Waals surface area contributed by atoms with E-state index < -0.39 is 18.0 Å². The number of nitrogens with one attached hydrogen (secondary N) is 1. The van der Waals surface area contributed by atoms with Crippen LogP contribution in [-0.4, -0.2) is 56.2 Å². The minimum atomic E-state index is -1.01. The van der Waals surface area contributed by atoms with Gasteiger partial charge in [0.05, 0.1) is 23.6 Å². The Morgan fingerprint density at radius 3 is 2.73 bits per heavy atom. The highest BCUT2D eigenvalue weighted by Gasteiger charge is 2.56. The largest absolute Gasteiger partial charge is 0.411 e. The van der Waals surface area contributed by atoms with Crippen LogP contribution in [0.25, 0.3) is 10.9 Å². The van der Waals surface area contributed by atoms with Crippen LogP contribution in [0.1, 0.15) is 39.3 Å². The van der Waals surface area contributed by atoms with Crippen LogP contribution in [0, 0.1) is 5.92 Å². The van der Waals surface area contributed by atoms with E-state index in [4.69, 9.17) is 10.5 Å². The molecule has 2 fully saturated rings. The number of ether oxygens (including phenoxy) is 1. The van der Waals surface area contributed by atoms with E-state index in [9.17, 15) is 18.8 Å². The molecule has 2 aliphatic rings. The number of aryl methyl sites for hydroxylation is 1. The molecule has 3 N–H and O–H groups in total. The zero-order valence-electron chi connectivity index (χ0n) is 18.8. The number of nitrogens with two attached hydrogens (primary N) is 1. The average Bonchev–Trinajstić information content (AvgIpc) is 3.31. The summed E-state index contributed by atoms with van der Waals surface area (Å²) in [4.78, 5) is 43.2. The van der Waals surface area contributed by atoms with Crippen molar-refractivity contribution in [2.24, 2.45) is 11.7 Å². The average molecular weight is 458 g/mol. The van der Waals surface area contributed by atoms with E-state index in [-0.39, 0.29) is 42.7 Å². The van der Waals surface area contributed by atoms with Crippen LogP contribution >= 0.6 is 0 Å². The second kappa shape index (κ2) is 8.80. The van der Waals surface area contributed by atoms with Crippen LogP contribution in [0.2, 0.25) is 0 Å². The summed E-state index contributed by atoms with van der Waals surface area (Å²) in [5.74, 6) is -0.787. The maximum absolute atomic E-state index is 13.8. The molecule has 1 aliphatic heterocycles. The van der Waals surface area contributed by atoms with Crippen molar-refractivity contribution in [2.75, 3.05) is 6.54 Å². The zero-order valence-corrected chi connectivity index (χ0v) is 18.8. The van der Waals surface area contributed by atoms with Crippen molar-refractivity contribution in [3.63, 3.8) is 0 Å². The van der Waals surface area contributed by atoms with E-state index in [0.717, 1.165) is 12.1 Å². The second-order valence-corrected chi connectivity index (χ2v) is 8.67. The number of fused-ring (bicyclic) bond motifs is 2. The van der Waals surface area contributed by atoms with E-state index >= 15 is 0 Å². The number of rotatable bonds is 7. The molecule has 0 radical (unpaired) electrons. The fourth-order valence-electron chi connectivity index (χ4n) is 4.29. The summed E-state index contributed by atoms with van der Waals surface area (Å²) in [7, 11) is 0. The molecule has 3 heterocycles. The van der Waals surface area contributed by atoms with E-state index in [1.165, 1.54) is 4.68 Å². The van der Waals surface area contributed by atoms with E-state index in [1.54, 1.807) is 31.0 Å². The van der Waals surface area contributed by atoms with Gasteiger partial charge in [-0.25, -0.2) is 9.18 Å². The molecule has 4 rings (SSSR count). The summed E-state index contributed by atoms with van der Waals surface area (Å²) in [6, 6.07) is 1.08.